The lowest BCUT2D eigenvalue weighted by molar-refractivity contribution is -0.192. The predicted octanol–water partition coefficient (Wildman–Crippen LogP) is 3.91. The van der Waals surface area contributed by atoms with E-state index < -0.39 is 12.1 Å². The number of nitrogens with two attached hydrogens (primary N) is 1. The minimum Gasteiger partial charge on any atom is -0.475 e. The molecule has 0 radical (unpaired) electrons. The van der Waals surface area contributed by atoms with Crippen molar-refractivity contribution in [1.82, 2.24) is 10.2 Å². The Morgan fingerprint density at radius 2 is 1.73 bits per heavy atom. The van der Waals surface area contributed by atoms with Crippen molar-refractivity contribution in [2.24, 2.45) is 0 Å². The second-order valence-corrected chi connectivity index (χ2v) is 9.01. The van der Waals surface area contributed by atoms with Crippen molar-refractivity contribution in [3.8, 4) is 0 Å². The SMILES string of the molecule is Nc1c(C(=O)c2ccccc2)sc(NCc2ccccc2)c1C1CNCCN1C=O.O=C(O)C(F)(F)F. The molecule has 0 bridgehead atoms. The normalized spacial score (nSPS) is 15.3. The largest absolute Gasteiger partial charge is 0.490 e. The topological polar surface area (TPSA) is 125 Å². The average Bonchev–Trinajstić information content (AvgIpc) is 3.23. The molecule has 1 aromatic heterocycles. The number of amides is 1. The first-order valence-electron chi connectivity index (χ1n) is 11.1. The van der Waals surface area contributed by atoms with E-state index in [1.165, 1.54) is 11.3 Å². The maximum atomic E-state index is 13.1. The molecule has 1 aliphatic rings. The second kappa shape index (κ2) is 12.4. The number of nitrogen functional groups attached to an aromatic ring is 1. The smallest absolute Gasteiger partial charge is 0.475 e. The van der Waals surface area contributed by atoms with Gasteiger partial charge in [-0.05, 0) is 5.56 Å². The van der Waals surface area contributed by atoms with Crippen molar-refractivity contribution in [1.29, 1.82) is 0 Å². The molecule has 196 valence electrons. The number of thiophene rings is 1. The summed E-state index contributed by atoms with van der Waals surface area (Å²) in [5.74, 6) is -2.86. The van der Waals surface area contributed by atoms with Gasteiger partial charge < -0.3 is 26.4 Å². The Morgan fingerprint density at radius 1 is 1.14 bits per heavy atom. The van der Waals surface area contributed by atoms with Crippen LogP contribution >= 0.6 is 11.3 Å². The number of anilines is 2. The van der Waals surface area contributed by atoms with Gasteiger partial charge in [-0.15, -0.1) is 11.3 Å². The molecule has 12 heteroatoms. The maximum absolute atomic E-state index is 13.1. The third kappa shape index (κ3) is 7.08. The molecule has 0 saturated carbocycles. The zero-order valence-corrected chi connectivity index (χ0v) is 20.3. The minimum atomic E-state index is -5.08. The van der Waals surface area contributed by atoms with Crippen LogP contribution in [0.4, 0.5) is 23.9 Å². The van der Waals surface area contributed by atoms with E-state index in [0.29, 0.717) is 35.8 Å². The summed E-state index contributed by atoms with van der Waals surface area (Å²) in [6.07, 6.45) is -4.22. The molecule has 4 rings (SSSR count). The van der Waals surface area contributed by atoms with Crippen molar-refractivity contribution < 1.29 is 32.7 Å². The van der Waals surface area contributed by atoms with Gasteiger partial charge in [-0.2, -0.15) is 13.2 Å². The number of hydrogen-bond acceptors (Lipinski definition) is 7. The molecule has 1 fully saturated rings. The van der Waals surface area contributed by atoms with E-state index in [-0.39, 0.29) is 11.8 Å². The van der Waals surface area contributed by atoms with Crippen LogP contribution in [0.25, 0.3) is 0 Å². The highest BCUT2D eigenvalue weighted by atomic mass is 32.1. The van der Waals surface area contributed by atoms with Crippen LogP contribution in [0.3, 0.4) is 0 Å². The zero-order valence-electron chi connectivity index (χ0n) is 19.5. The third-order valence-corrected chi connectivity index (χ3v) is 6.70. The summed E-state index contributed by atoms with van der Waals surface area (Å²) < 4.78 is 31.7. The van der Waals surface area contributed by atoms with Crippen LogP contribution in [0.5, 0.6) is 0 Å². The monoisotopic (exact) mass is 534 g/mol. The van der Waals surface area contributed by atoms with Crippen LogP contribution in [0.2, 0.25) is 0 Å². The molecule has 1 unspecified atom stereocenters. The fourth-order valence-electron chi connectivity index (χ4n) is 3.70. The number of carbonyl (C=O) groups is 3. The number of aliphatic carboxylic acids is 1. The van der Waals surface area contributed by atoms with E-state index in [4.69, 9.17) is 15.6 Å². The molecule has 0 spiro atoms. The Labute approximate surface area is 214 Å². The van der Waals surface area contributed by atoms with Crippen LogP contribution in [0.15, 0.2) is 60.7 Å². The number of benzene rings is 2. The van der Waals surface area contributed by atoms with Crippen LogP contribution in [0.1, 0.15) is 32.4 Å². The number of piperazine rings is 1. The summed E-state index contributed by atoms with van der Waals surface area (Å²) in [7, 11) is 0. The van der Waals surface area contributed by atoms with E-state index in [1.807, 2.05) is 48.5 Å². The highest BCUT2D eigenvalue weighted by Gasteiger charge is 2.38. The van der Waals surface area contributed by atoms with Crippen molar-refractivity contribution in [3.63, 3.8) is 0 Å². The summed E-state index contributed by atoms with van der Waals surface area (Å²) in [6.45, 7) is 2.54. The van der Waals surface area contributed by atoms with Gasteiger partial charge in [0.25, 0.3) is 0 Å². The van der Waals surface area contributed by atoms with Gasteiger partial charge in [0.05, 0.1) is 16.7 Å². The van der Waals surface area contributed by atoms with Crippen molar-refractivity contribution >= 4 is 40.2 Å². The third-order valence-electron chi connectivity index (χ3n) is 5.52. The van der Waals surface area contributed by atoms with Gasteiger partial charge in [0.1, 0.15) is 4.88 Å². The van der Waals surface area contributed by atoms with Gasteiger partial charge in [0, 0.05) is 37.3 Å². The quantitative estimate of drug-likeness (QED) is 0.268. The van der Waals surface area contributed by atoms with Crippen LogP contribution in [-0.2, 0) is 16.1 Å². The number of alkyl halides is 3. The van der Waals surface area contributed by atoms with Crippen LogP contribution in [0, 0.1) is 0 Å². The van der Waals surface area contributed by atoms with E-state index in [1.54, 1.807) is 17.0 Å². The highest BCUT2D eigenvalue weighted by molar-refractivity contribution is 7.19. The number of nitrogens with zero attached hydrogens (tertiary/aromatic N) is 1. The summed E-state index contributed by atoms with van der Waals surface area (Å²) in [6, 6.07) is 19.0. The molecule has 2 heterocycles. The number of hydrogen-bond donors (Lipinski definition) is 4. The molecular formula is C25H25F3N4O4S. The van der Waals surface area contributed by atoms with Gasteiger partial charge in [0.2, 0.25) is 12.2 Å². The van der Waals surface area contributed by atoms with E-state index in [2.05, 4.69) is 10.6 Å². The fraction of sp³-hybridized carbons (Fsp3) is 0.240. The number of ketones is 1. The Morgan fingerprint density at radius 3 is 2.30 bits per heavy atom. The first-order valence-corrected chi connectivity index (χ1v) is 12.0. The number of nitrogens with one attached hydrogen (secondary N) is 2. The number of carbonyl (C=O) groups excluding carboxylic acids is 2. The number of carboxylic acids is 1. The van der Waals surface area contributed by atoms with E-state index >= 15 is 0 Å². The van der Waals surface area contributed by atoms with Gasteiger partial charge in [-0.3, -0.25) is 9.59 Å². The highest BCUT2D eigenvalue weighted by Crippen LogP contribution is 2.43. The van der Waals surface area contributed by atoms with Crippen molar-refractivity contribution in [2.45, 2.75) is 18.8 Å². The number of carboxylic acid groups (broad SMARTS) is 1. The zero-order chi connectivity index (χ0) is 27.0. The summed E-state index contributed by atoms with van der Waals surface area (Å²) in [5, 5.41) is 14.7. The molecule has 1 amide bonds. The van der Waals surface area contributed by atoms with Gasteiger partial charge in [-0.1, -0.05) is 60.7 Å². The van der Waals surface area contributed by atoms with Crippen LogP contribution < -0.4 is 16.4 Å². The maximum Gasteiger partial charge on any atom is 0.490 e. The molecule has 37 heavy (non-hydrogen) atoms. The summed E-state index contributed by atoms with van der Waals surface area (Å²) in [4.78, 5) is 36.0. The fourth-order valence-corrected chi connectivity index (χ4v) is 4.84. The van der Waals surface area contributed by atoms with Crippen molar-refractivity contribution in [2.75, 3.05) is 30.7 Å². The van der Waals surface area contributed by atoms with Gasteiger partial charge >= 0.3 is 12.1 Å². The first kappa shape index (κ1) is 27.7. The second-order valence-electron chi connectivity index (χ2n) is 7.99. The lowest BCUT2D eigenvalue weighted by Crippen LogP contribution is -2.45. The minimum absolute atomic E-state index is 0.103. The Bertz CT molecular complexity index is 1220. The summed E-state index contributed by atoms with van der Waals surface area (Å²) >= 11 is 1.36. The molecule has 1 aliphatic heterocycles. The number of rotatable bonds is 7. The molecule has 0 aliphatic carbocycles. The van der Waals surface area contributed by atoms with Crippen LogP contribution in [-0.4, -0.2) is 54.0 Å². The van der Waals surface area contributed by atoms with E-state index in [0.717, 1.165) is 29.1 Å². The average molecular weight is 535 g/mol. The van der Waals surface area contributed by atoms with Gasteiger partial charge in [-0.25, -0.2) is 4.79 Å². The molecule has 1 atom stereocenters. The molecular weight excluding hydrogens is 509 g/mol. The lowest BCUT2D eigenvalue weighted by Gasteiger charge is -2.34. The standard InChI is InChI=1S/C23H24N4O2S.C2HF3O2/c24-20-19(18-14-25-11-12-27(18)15-28)23(26-13-16-7-3-1-4-8-16)30-22(20)21(29)17-9-5-2-6-10-17;3-2(4,5)1(6)7/h1-10,15,18,25-26H,11-14,24H2;(H,6,7). The Kier molecular flexibility index (Phi) is 9.25. The van der Waals surface area contributed by atoms with Crippen molar-refractivity contribution in [3.05, 3.63) is 82.2 Å². The molecule has 8 nitrogen and oxygen atoms in total. The molecule has 3 aromatic rings. The predicted molar refractivity (Wildman–Crippen MR) is 134 cm³/mol. The lowest BCUT2D eigenvalue weighted by atomic mass is 10.0. The molecule has 2 aromatic carbocycles. The number of halogens is 3. The Hall–Kier alpha value is -3.90. The Balaban J connectivity index is 0.000000479. The van der Waals surface area contributed by atoms with Gasteiger partial charge in [0.15, 0.2) is 0 Å². The molecule has 1 saturated heterocycles. The summed E-state index contributed by atoms with van der Waals surface area (Å²) in [5.41, 5.74) is 9.52. The first-order chi connectivity index (χ1) is 17.6. The molecule has 5 N–H and O–H groups in total. The van der Waals surface area contributed by atoms with E-state index in [9.17, 15) is 22.8 Å².